The van der Waals surface area contributed by atoms with Crippen molar-refractivity contribution in [2.24, 2.45) is 0 Å². The topological polar surface area (TPSA) is 0 Å². The fourth-order valence-electron chi connectivity index (χ4n) is 2.89. The van der Waals surface area contributed by atoms with Crippen LogP contribution in [0, 0.1) is 0 Å². The second-order valence-corrected chi connectivity index (χ2v) is 10.6. The predicted molar refractivity (Wildman–Crippen MR) is 93.8 cm³/mol. The van der Waals surface area contributed by atoms with Gasteiger partial charge in [-0.3, -0.25) is 0 Å². The Labute approximate surface area is 135 Å². The Balaban J connectivity index is 2.41. The molecule has 0 aliphatic heterocycles. The number of alkyl halides is 2. The lowest BCUT2D eigenvalue weighted by Gasteiger charge is -2.41. The number of fused-ring (bicyclic) bond motifs is 2. The molecule has 0 radical (unpaired) electrons. The van der Waals surface area contributed by atoms with Crippen LogP contribution in [-0.4, -0.2) is 0 Å². The van der Waals surface area contributed by atoms with E-state index in [4.69, 9.17) is 0 Å². The van der Waals surface area contributed by atoms with E-state index in [1.165, 1.54) is 22.3 Å². The van der Waals surface area contributed by atoms with Gasteiger partial charge in [-0.15, -0.1) is 0 Å². The fraction of sp³-hybridized carbons (Fsp3) is 0.250. The van der Waals surface area contributed by atoms with E-state index in [1.807, 2.05) is 0 Å². The standard InChI is InChI=1S/C16H14I2/c1-15(2)11-7-3-5-9-13(11)16(17,18)14-10-6-4-8-12(14)15/h3-10H,1-2H3. The van der Waals surface area contributed by atoms with E-state index in [0.29, 0.717) is 0 Å². The molecule has 0 N–H and O–H groups in total. The number of hydrogen-bond acceptors (Lipinski definition) is 0. The van der Waals surface area contributed by atoms with Gasteiger partial charge in [-0.1, -0.05) is 108 Å². The number of halogens is 2. The van der Waals surface area contributed by atoms with E-state index in [2.05, 4.69) is 108 Å². The molecule has 0 spiro atoms. The highest BCUT2D eigenvalue weighted by Crippen LogP contribution is 2.56. The molecule has 2 aromatic carbocycles. The van der Waals surface area contributed by atoms with Crippen molar-refractivity contribution >= 4 is 45.2 Å². The lowest BCUT2D eigenvalue weighted by Crippen LogP contribution is -2.33. The average molecular weight is 460 g/mol. The van der Waals surface area contributed by atoms with Gasteiger partial charge in [-0.05, 0) is 22.3 Å². The van der Waals surface area contributed by atoms with Crippen LogP contribution in [0.2, 0.25) is 0 Å². The second kappa shape index (κ2) is 4.20. The molecular weight excluding hydrogens is 446 g/mol. The molecule has 2 aromatic rings. The minimum absolute atomic E-state index is 0.0399. The monoisotopic (exact) mass is 460 g/mol. The first-order valence-corrected chi connectivity index (χ1v) is 8.19. The Morgan fingerprint density at radius 1 is 0.667 bits per heavy atom. The SMILES string of the molecule is CC1(C)c2ccccc2C(I)(I)c2ccccc21. The summed E-state index contributed by atoms with van der Waals surface area (Å²) in [5, 5.41) is 0. The van der Waals surface area contributed by atoms with Crippen LogP contribution in [0.25, 0.3) is 0 Å². The summed E-state index contributed by atoms with van der Waals surface area (Å²) in [6.45, 7) is 4.65. The molecule has 0 aromatic heterocycles. The summed E-state index contributed by atoms with van der Waals surface area (Å²) < 4.78 is 0.0399. The molecule has 0 unspecified atom stereocenters. The zero-order valence-electron chi connectivity index (χ0n) is 10.4. The van der Waals surface area contributed by atoms with Gasteiger partial charge in [0.05, 0.1) is 0 Å². The van der Waals surface area contributed by atoms with Gasteiger partial charge in [0.15, 0.2) is 0 Å². The van der Waals surface area contributed by atoms with Crippen molar-refractivity contribution in [3.63, 3.8) is 0 Å². The molecule has 92 valence electrons. The molecule has 0 atom stereocenters. The first-order chi connectivity index (χ1) is 8.45. The Morgan fingerprint density at radius 2 is 1.00 bits per heavy atom. The van der Waals surface area contributed by atoms with Gasteiger partial charge in [0.25, 0.3) is 0 Å². The molecule has 0 saturated carbocycles. The van der Waals surface area contributed by atoms with Crippen LogP contribution in [0.15, 0.2) is 48.5 Å². The quantitative estimate of drug-likeness (QED) is 0.365. The van der Waals surface area contributed by atoms with Crippen LogP contribution in [-0.2, 0) is 6.84 Å². The van der Waals surface area contributed by atoms with Gasteiger partial charge < -0.3 is 0 Å². The summed E-state index contributed by atoms with van der Waals surface area (Å²) in [7, 11) is 0. The van der Waals surface area contributed by atoms with E-state index in [-0.39, 0.29) is 6.84 Å². The van der Waals surface area contributed by atoms with E-state index in [9.17, 15) is 0 Å². The van der Waals surface area contributed by atoms with Crippen molar-refractivity contribution in [1.82, 2.24) is 0 Å². The Kier molecular flexibility index (Phi) is 3.01. The van der Waals surface area contributed by atoms with Gasteiger partial charge in [0, 0.05) is 5.41 Å². The first kappa shape index (κ1) is 12.9. The highest BCUT2D eigenvalue weighted by molar-refractivity contribution is 14.2. The van der Waals surface area contributed by atoms with Crippen molar-refractivity contribution in [3.8, 4) is 0 Å². The van der Waals surface area contributed by atoms with E-state index >= 15 is 0 Å². The van der Waals surface area contributed by atoms with E-state index in [0.717, 1.165) is 0 Å². The van der Waals surface area contributed by atoms with Crippen LogP contribution in [0.3, 0.4) is 0 Å². The van der Waals surface area contributed by atoms with Crippen LogP contribution < -0.4 is 0 Å². The number of benzene rings is 2. The summed E-state index contributed by atoms with van der Waals surface area (Å²) in [6.07, 6.45) is 0. The molecule has 18 heavy (non-hydrogen) atoms. The van der Waals surface area contributed by atoms with Gasteiger partial charge >= 0.3 is 0 Å². The van der Waals surface area contributed by atoms with Gasteiger partial charge in [-0.2, -0.15) is 0 Å². The molecule has 0 saturated heterocycles. The molecule has 0 bridgehead atoms. The molecule has 1 aliphatic rings. The fourth-order valence-corrected chi connectivity index (χ4v) is 4.78. The molecule has 0 heterocycles. The van der Waals surface area contributed by atoms with Gasteiger partial charge in [0.1, 0.15) is 1.43 Å². The normalized spacial score (nSPS) is 18.9. The summed E-state index contributed by atoms with van der Waals surface area (Å²) >= 11 is 5.15. The zero-order chi connectivity index (χ0) is 13.0. The first-order valence-electron chi connectivity index (χ1n) is 6.03. The Hall–Kier alpha value is -0.100. The lowest BCUT2D eigenvalue weighted by atomic mass is 9.69. The van der Waals surface area contributed by atoms with Crippen LogP contribution >= 0.6 is 45.2 Å². The second-order valence-electron chi connectivity index (χ2n) is 5.29. The summed E-state index contributed by atoms with van der Waals surface area (Å²) in [5.74, 6) is 0. The Morgan fingerprint density at radius 3 is 1.39 bits per heavy atom. The largest absolute Gasteiger partial charge is 0.124 e. The predicted octanol–water partition coefficient (Wildman–Crippen LogP) is 5.40. The molecule has 0 fully saturated rings. The van der Waals surface area contributed by atoms with Gasteiger partial charge in [-0.25, -0.2) is 0 Å². The van der Waals surface area contributed by atoms with Crippen molar-refractivity contribution in [2.45, 2.75) is 20.7 Å². The maximum Gasteiger partial charge on any atom is 0.124 e. The third-order valence-electron chi connectivity index (χ3n) is 3.88. The minimum atomic E-state index is 0.0399. The summed E-state index contributed by atoms with van der Waals surface area (Å²) in [4.78, 5) is 0. The highest BCUT2D eigenvalue weighted by atomic mass is 127. The van der Waals surface area contributed by atoms with Crippen molar-refractivity contribution in [3.05, 3.63) is 70.8 Å². The molecular formula is C16H14I2. The van der Waals surface area contributed by atoms with Crippen molar-refractivity contribution in [1.29, 1.82) is 0 Å². The summed E-state index contributed by atoms with van der Waals surface area (Å²) in [6, 6.07) is 17.7. The summed E-state index contributed by atoms with van der Waals surface area (Å²) in [5.41, 5.74) is 5.87. The molecule has 3 rings (SSSR count). The maximum atomic E-state index is 2.58. The highest BCUT2D eigenvalue weighted by Gasteiger charge is 2.43. The molecule has 0 nitrogen and oxygen atoms in total. The Bertz CT molecular complexity index is 506. The number of rotatable bonds is 0. The minimum Gasteiger partial charge on any atom is -0.0619 e. The maximum absolute atomic E-state index is 2.58. The van der Waals surface area contributed by atoms with Crippen LogP contribution in [0.4, 0.5) is 0 Å². The van der Waals surface area contributed by atoms with Crippen molar-refractivity contribution in [2.75, 3.05) is 0 Å². The molecule has 0 amide bonds. The van der Waals surface area contributed by atoms with Crippen LogP contribution in [0.1, 0.15) is 36.1 Å². The third-order valence-corrected chi connectivity index (χ3v) is 6.20. The van der Waals surface area contributed by atoms with Crippen molar-refractivity contribution < 1.29 is 0 Å². The average Bonchev–Trinajstić information content (AvgIpc) is 2.37. The molecule has 1 aliphatic carbocycles. The zero-order valence-corrected chi connectivity index (χ0v) is 14.7. The van der Waals surface area contributed by atoms with E-state index in [1.54, 1.807) is 0 Å². The molecule has 2 heteroatoms. The number of hydrogen-bond donors (Lipinski definition) is 0. The van der Waals surface area contributed by atoms with Crippen LogP contribution in [0.5, 0.6) is 0 Å². The third kappa shape index (κ3) is 1.68. The lowest BCUT2D eigenvalue weighted by molar-refractivity contribution is 0.609. The smallest absolute Gasteiger partial charge is 0.0619 e. The van der Waals surface area contributed by atoms with Gasteiger partial charge in [0.2, 0.25) is 0 Å². The van der Waals surface area contributed by atoms with E-state index < -0.39 is 0 Å².